The molecule has 2 saturated carbocycles. The van der Waals surface area contributed by atoms with Crippen LogP contribution in [0.3, 0.4) is 0 Å². The number of ether oxygens (including phenoxy) is 6. The lowest BCUT2D eigenvalue weighted by molar-refractivity contribution is -0.169. The molecule has 3 aliphatic carbocycles. The van der Waals surface area contributed by atoms with Crippen molar-refractivity contribution in [2.75, 3.05) is 19.7 Å². The van der Waals surface area contributed by atoms with Crippen LogP contribution < -0.4 is 16.0 Å². The van der Waals surface area contributed by atoms with Crippen molar-refractivity contribution in [2.45, 2.75) is 146 Å². The third-order valence-corrected chi connectivity index (χ3v) is 12.2. The number of cyclic esters (lactones) is 1. The Labute approximate surface area is 292 Å². The molecule has 3 saturated heterocycles. The first-order valence-corrected chi connectivity index (χ1v) is 18.2. The van der Waals surface area contributed by atoms with Gasteiger partial charge in [-0.15, -0.1) is 0 Å². The fourth-order valence-electron chi connectivity index (χ4n) is 9.90. The highest BCUT2D eigenvalue weighted by atomic mass is 16.8. The number of hydrogen-bond acceptors (Lipinski definition) is 11. The molecule has 5 fully saturated rings. The van der Waals surface area contributed by atoms with Gasteiger partial charge < -0.3 is 44.4 Å². The molecule has 3 unspecified atom stereocenters. The number of carbonyl (C=O) groups is 5. The van der Waals surface area contributed by atoms with E-state index in [2.05, 4.69) is 36.7 Å². The number of rotatable bonds is 12. The van der Waals surface area contributed by atoms with Crippen molar-refractivity contribution in [3.8, 4) is 0 Å². The molecular formula is C36H51N3O11. The third-order valence-electron chi connectivity index (χ3n) is 12.2. The van der Waals surface area contributed by atoms with Gasteiger partial charge in [0.05, 0.1) is 12.5 Å². The average molecular weight is 702 g/mol. The molecule has 3 N–H and O–H groups in total. The van der Waals surface area contributed by atoms with Gasteiger partial charge in [0.25, 0.3) is 0 Å². The summed E-state index contributed by atoms with van der Waals surface area (Å²) >= 11 is 0. The largest absolute Gasteiger partial charge is 0.458 e. The summed E-state index contributed by atoms with van der Waals surface area (Å²) in [6, 6.07) is -0.896. The van der Waals surface area contributed by atoms with Crippen LogP contribution in [0.5, 0.6) is 0 Å². The molecular weight excluding hydrogens is 650 g/mol. The number of nitrogens with one attached hydrogen (secondary N) is 3. The predicted octanol–water partition coefficient (Wildman–Crippen LogP) is 2.36. The predicted molar refractivity (Wildman–Crippen MR) is 174 cm³/mol. The molecule has 4 heterocycles. The highest BCUT2D eigenvalue weighted by Crippen LogP contribution is 2.83. The number of alkyl carbamates (subject to hydrolysis) is 1. The van der Waals surface area contributed by atoms with Crippen LogP contribution in [0.15, 0.2) is 11.1 Å². The molecule has 0 aromatic carbocycles. The zero-order chi connectivity index (χ0) is 36.0. The van der Waals surface area contributed by atoms with E-state index in [9.17, 15) is 24.0 Å². The van der Waals surface area contributed by atoms with Crippen molar-refractivity contribution in [1.82, 2.24) is 16.0 Å². The Kier molecular flexibility index (Phi) is 8.38. The van der Waals surface area contributed by atoms with Crippen LogP contribution in [0.4, 0.5) is 4.79 Å². The maximum Gasteiger partial charge on any atom is 0.408 e. The molecule has 10 atom stereocenters. The summed E-state index contributed by atoms with van der Waals surface area (Å²) in [5, 5.41) is 8.15. The van der Waals surface area contributed by atoms with Crippen LogP contribution in [0.2, 0.25) is 0 Å². The first-order valence-electron chi connectivity index (χ1n) is 18.2. The van der Waals surface area contributed by atoms with Gasteiger partial charge in [-0.3, -0.25) is 14.4 Å². The average Bonchev–Trinajstić information content (AvgIpc) is 3.93. The number of esters is 2. The SMILES string of the molecule is CC(=O)NCCCC[C@H](NC(=O)OC(C)(C)C)C(=O)NCCC(=O)O[C@@H]1C2(C(C)C)OC2[C@@H]2O[C@]23[C@]12O[C@H]2CC1C2=C(CC[C@@]13C)C(=O)OC2. The van der Waals surface area contributed by atoms with E-state index in [1.165, 1.54) is 6.92 Å². The standard InChI is InChI=1S/C36H51N3O11/c1-18(2)34-26(48-34)27-36(49-27)33(7)13-11-20-21(17-45-29(20)43)22(33)16-24-35(36,47-24)30(34)46-25(41)12-15-38-28(42)23(10-8-9-14-37-19(3)40)39-31(44)50-32(4,5)6/h18,22-24,26-27,30H,8-17H2,1-7H3,(H,37,40)(H,38,42)(H,39,44)/t22?,23-,24-,26?,27-,30+,33-,34?,35+,36+/m0/s1. The second kappa shape index (κ2) is 11.9. The van der Waals surface area contributed by atoms with Gasteiger partial charge in [-0.1, -0.05) is 20.8 Å². The second-order valence-electron chi connectivity index (χ2n) is 16.6. The number of carbonyl (C=O) groups excluding carboxylic acids is 5. The molecule has 0 aromatic rings. The van der Waals surface area contributed by atoms with Crippen molar-refractivity contribution in [1.29, 1.82) is 0 Å². The Morgan fingerprint density at radius 3 is 2.48 bits per heavy atom. The van der Waals surface area contributed by atoms with E-state index in [0.717, 1.165) is 17.6 Å². The number of fused-ring (bicyclic) bond motifs is 4. The first kappa shape index (κ1) is 35.2. The molecule has 50 heavy (non-hydrogen) atoms. The highest BCUT2D eigenvalue weighted by molar-refractivity contribution is 5.92. The Hall–Kier alpha value is -3.23. The Morgan fingerprint density at radius 2 is 1.78 bits per heavy atom. The number of unbranched alkanes of at least 4 members (excludes halogenated alkanes) is 1. The lowest BCUT2D eigenvalue weighted by Gasteiger charge is -2.53. The van der Waals surface area contributed by atoms with Gasteiger partial charge in [-0.2, -0.15) is 0 Å². The van der Waals surface area contributed by atoms with Gasteiger partial charge in [0.15, 0.2) is 11.7 Å². The summed E-state index contributed by atoms with van der Waals surface area (Å²) in [4.78, 5) is 63.1. The summed E-state index contributed by atoms with van der Waals surface area (Å²) in [7, 11) is 0. The molecule has 3 amide bonds. The van der Waals surface area contributed by atoms with Crippen LogP contribution in [0.25, 0.3) is 0 Å². The smallest absolute Gasteiger partial charge is 0.408 e. The second-order valence-corrected chi connectivity index (χ2v) is 16.6. The van der Waals surface area contributed by atoms with Gasteiger partial charge in [0.1, 0.15) is 41.7 Å². The quantitative estimate of drug-likeness (QED) is 0.117. The van der Waals surface area contributed by atoms with E-state index in [1.54, 1.807) is 20.8 Å². The Bertz CT molecular complexity index is 1520. The van der Waals surface area contributed by atoms with Crippen LogP contribution in [-0.2, 0) is 47.6 Å². The van der Waals surface area contributed by atoms with Gasteiger partial charge in [0.2, 0.25) is 11.8 Å². The van der Waals surface area contributed by atoms with E-state index in [1.807, 2.05) is 0 Å². The molecule has 7 aliphatic rings. The van der Waals surface area contributed by atoms with Crippen LogP contribution in [0, 0.1) is 17.3 Å². The van der Waals surface area contributed by atoms with Gasteiger partial charge >= 0.3 is 18.0 Å². The van der Waals surface area contributed by atoms with Crippen molar-refractivity contribution in [3.63, 3.8) is 0 Å². The van der Waals surface area contributed by atoms with Crippen LogP contribution in [-0.4, -0.2) is 102 Å². The molecule has 276 valence electrons. The first-order chi connectivity index (χ1) is 23.5. The highest BCUT2D eigenvalue weighted by Gasteiger charge is 3.01. The summed E-state index contributed by atoms with van der Waals surface area (Å²) in [5.74, 6) is -1.22. The fourth-order valence-corrected chi connectivity index (χ4v) is 9.90. The zero-order valence-corrected chi connectivity index (χ0v) is 30.1. The molecule has 0 aromatic heterocycles. The summed E-state index contributed by atoms with van der Waals surface area (Å²) in [5.41, 5.74) is -1.57. The van der Waals surface area contributed by atoms with Crippen LogP contribution >= 0.6 is 0 Å². The number of hydrogen-bond donors (Lipinski definition) is 3. The van der Waals surface area contributed by atoms with E-state index >= 15 is 0 Å². The van der Waals surface area contributed by atoms with E-state index < -0.39 is 52.5 Å². The van der Waals surface area contributed by atoms with Crippen molar-refractivity contribution >= 4 is 29.8 Å². The molecule has 4 aliphatic heterocycles. The Morgan fingerprint density at radius 1 is 1.02 bits per heavy atom. The molecule has 2 spiro atoms. The van der Waals surface area contributed by atoms with Gasteiger partial charge in [0, 0.05) is 31.0 Å². The van der Waals surface area contributed by atoms with Gasteiger partial charge in [-0.25, -0.2) is 9.59 Å². The summed E-state index contributed by atoms with van der Waals surface area (Å²) in [6.45, 7) is 13.7. The number of epoxide rings is 3. The molecule has 14 heteroatoms. The van der Waals surface area contributed by atoms with E-state index in [-0.39, 0.29) is 60.4 Å². The van der Waals surface area contributed by atoms with E-state index in [0.29, 0.717) is 45.3 Å². The molecule has 7 rings (SSSR count). The number of amides is 3. The minimum absolute atomic E-state index is 0.00591. The monoisotopic (exact) mass is 701 g/mol. The molecule has 14 nitrogen and oxygen atoms in total. The van der Waals surface area contributed by atoms with Gasteiger partial charge in [-0.05, 0) is 76.7 Å². The summed E-state index contributed by atoms with van der Waals surface area (Å²) < 4.78 is 37.1. The maximum absolute atomic E-state index is 13.6. The van der Waals surface area contributed by atoms with Crippen molar-refractivity contribution in [2.24, 2.45) is 17.3 Å². The van der Waals surface area contributed by atoms with Crippen molar-refractivity contribution < 1.29 is 52.4 Å². The lowest BCUT2D eigenvalue weighted by atomic mass is 9.46. The lowest BCUT2D eigenvalue weighted by Crippen LogP contribution is -2.70. The molecule has 0 bridgehead atoms. The minimum atomic E-state index is -0.896. The zero-order valence-electron chi connectivity index (χ0n) is 30.1. The molecule has 0 radical (unpaired) electrons. The normalized spacial score (nSPS) is 38.9. The minimum Gasteiger partial charge on any atom is -0.458 e. The summed E-state index contributed by atoms with van der Waals surface area (Å²) in [6.07, 6.45) is 1.35. The van der Waals surface area contributed by atoms with Crippen molar-refractivity contribution in [3.05, 3.63) is 11.1 Å². The van der Waals surface area contributed by atoms with Crippen LogP contribution in [0.1, 0.15) is 93.4 Å². The third kappa shape index (κ3) is 5.25. The van der Waals surface area contributed by atoms with E-state index in [4.69, 9.17) is 28.4 Å². The topological polar surface area (TPSA) is 187 Å². The fraction of sp³-hybridized carbons (Fsp3) is 0.806. The maximum atomic E-state index is 13.6. The Balaban J connectivity index is 1.02.